The van der Waals surface area contributed by atoms with Gasteiger partial charge in [-0.1, -0.05) is 35.9 Å². The van der Waals surface area contributed by atoms with E-state index < -0.39 is 0 Å². The van der Waals surface area contributed by atoms with Crippen molar-refractivity contribution in [3.8, 4) is 22.6 Å². The van der Waals surface area contributed by atoms with E-state index in [2.05, 4.69) is 42.2 Å². The van der Waals surface area contributed by atoms with Crippen LogP contribution < -0.4 is 9.47 Å². The van der Waals surface area contributed by atoms with Crippen molar-refractivity contribution < 1.29 is 9.47 Å². The lowest BCUT2D eigenvalue weighted by Gasteiger charge is -2.09. The molecule has 0 spiro atoms. The summed E-state index contributed by atoms with van der Waals surface area (Å²) in [4.78, 5) is 4.32. The molecule has 116 valence electrons. The van der Waals surface area contributed by atoms with Crippen LogP contribution in [0.25, 0.3) is 11.1 Å². The Bertz CT molecular complexity index is 782. The smallest absolute Gasteiger partial charge is 0.123 e. The lowest BCUT2D eigenvalue weighted by atomic mass is 10.0. The maximum Gasteiger partial charge on any atom is 0.123 e. The normalized spacial score (nSPS) is 10.3. The molecule has 3 nitrogen and oxygen atoms in total. The van der Waals surface area contributed by atoms with Crippen LogP contribution in [0.15, 0.2) is 67.0 Å². The van der Waals surface area contributed by atoms with Gasteiger partial charge in [-0.3, -0.25) is 4.98 Å². The maximum atomic E-state index is 5.82. The van der Waals surface area contributed by atoms with Crippen molar-refractivity contribution in [1.29, 1.82) is 0 Å². The number of ether oxygens (including phenoxy) is 2. The summed E-state index contributed by atoms with van der Waals surface area (Å²) < 4.78 is 11.0. The molecule has 0 saturated carbocycles. The Labute approximate surface area is 136 Å². The fourth-order valence-corrected chi connectivity index (χ4v) is 2.33. The second-order valence-corrected chi connectivity index (χ2v) is 5.42. The highest BCUT2D eigenvalue weighted by Crippen LogP contribution is 2.22. The van der Waals surface area contributed by atoms with Crippen molar-refractivity contribution in [3.63, 3.8) is 0 Å². The fourth-order valence-electron chi connectivity index (χ4n) is 2.33. The zero-order valence-corrected chi connectivity index (χ0v) is 13.3. The Kier molecular flexibility index (Phi) is 4.57. The molecule has 0 fully saturated rings. The number of aryl methyl sites for hydroxylation is 1. The van der Waals surface area contributed by atoms with E-state index in [1.165, 1.54) is 5.56 Å². The Balaban J connectivity index is 1.73. The third kappa shape index (κ3) is 3.89. The van der Waals surface area contributed by atoms with Crippen LogP contribution in [-0.2, 0) is 6.61 Å². The van der Waals surface area contributed by atoms with Crippen molar-refractivity contribution in [2.24, 2.45) is 0 Å². The first-order valence-electron chi connectivity index (χ1n) is 7.52. The van der Waals surface area contributed by atoms with Gasteiger partial charge in [-0.15, -0.1) is 0 Å². The molecule has 0 aliphatic heterocycles. The molecule has 0 aliphatic rings. The molecular formula is C20H19NO2. The van der Waals surface area contributed by atoms with Crippen LogP contribution in [0.2, 0.25) is 0 Å². The summed E-state index contributed by atoms with van der Waals surface area (Å²) in [7, 11) is 1.65. The Hall–Kier alpha value is -2.81. The predicted octanol–water partition coefficient (Wildman–Crippen LogP) is 4.64. The van der Waals surface area contributed by atoms with Crippen LogP contribution >= 0.6 is 0 Å². The molecule has 0 bridgehead atoms. The molecule has 3 heteroatoms. The lowest BCUT2D eigenvalue weighted by Crippen LogP contribution is -1.97. The molecule has 1 aromatic heterocycles. The van der Waals surface area contributed by atoms with E-state index in [-0.39, 0.29) is 0 Å². The minimum Gasteiger partial charge on any atom is -0.497 e. The fraction of sp³-hybridized carbons (Fsp3) is 0.150. The third-order valence-electron chi connectivity index (χ3n) is 3.63. The predicted molar refractivity (Wildman–Crippen MR) is 91.7 cm³/mol. The van der Waals surface area contributed by atoms with Crippen LogP contribution in [0, 0.1) is 6.92 Å². The van der Waals surface area contributed by atoms with Crippen molar-refractivity contribution in [1.82, 2.24) is 4.98 Å². The Morgan fingerprint density at radius 1 is 0.870 bits per heavy atom. The van der Waals surface area contributed by atoms with Crippen molar-refractivity contribution >= 4 is 0 Å². The summed E-state index contributed by atoms with van der Waals surface area (Å²) in [6, 6.07) is 18.1. The maximum absolute atomic E-state index is 5.82. The topological polar surface area (TPSA) is 31.4 Å². The first-order valence-corrected chi connectivity index (χ1v) is 7.52. The molecule has 23 heavy (non-hydrogen) atoms. The lowest BCUT2D eigenvalue weighted by molar-refractivity contribution is 0.303. The molecule has 0 amide bonds. The van der Waals surface area contributed by atoms with Gasteiger partial charge in [0.25, 0.3) is 0 Å². The molecule has 0 unspecified atom stereocenters. The van der Waals surface area contributed by atoms with Crippen LogP contribution in [0.4, 0.5) is 0 Å². The van der Waals surface area contributed by atoms with E-state index in [9.17, 15) is 0 Å². The zero-order chi connectivity index (χ0) is 16.1. The van der Waals surface area contributed by atoms with E-state index in [1.54, 1.807) is 7.11 Å². The highest BCUT2D eigenvalue weighted by molar-refractivity contribution is 5.63. The molecule has 0 atom stereocenters. The highest BCUT2D eigenvalue weighted by Gasteiger charge is 2.02. The van der Waals surface area contributed by atoms with Crippen LogP contribution in [0.1, 0.15) is 11.1 Å². The van der Waals surface area contributed by atoms with Gasteiger partial charge in [-0.05, 0) is 30.7 Å². The minimum absolute atomic E-state index is 0.472. The number of pyridine rings is 1. The average molecular weight is 305 g/mol. The van der Waals surface area contributed by atoms with E-state index >= 15 is 0 Å². The molecule has 0 saturated heterocycles. The van der Waals surface area contributed by atoms with Gasteiger partial charge in [0.1, 0.15) is 18.1 Å². The van der Waals surface area contributed by atoms with Gasteiger partial charge in [0.15, 0.2) is 0 Å². The number of methoxy groups -OCH3 is 1. The number of hydrogen-bond acceptors (Lipinski definition) is 3. The van der Waals surface area contributed by atoms with Gasteiger partial charge in [-0.2, -0.15) is 0 Å². The van der Waals surface area contributed by atoms with Gasteiger partial charge in [0, 0.05) is 29.6 Å². The van der Waals surface area contributed by atoms with E-state index in [0.29, 0.717) is 6.61 Å². The first kappa shape index (κ1) is 15.1. The minimum atomic E-state index is 0.472. The molecule has 0 aliphatic carbocycles. The molecule has 0 N–H and O–H groups in total. The Morgan fingerprint density at radius 3 is 2.43 bits per heavy atom. The average Bonchev–Trinajstić information content (AvgIpc) is 2.61. The second kappa shape index (κ2) is 6.97. The van der Waals surface area contributed by atoms with Crippen LogP contribution in [0.3, 0.4) is 0 Å². The van der Waals surface area contributed by atoms with Crippen LogP contribution in [0.5, 0.6) is 11.5 Å². The third-order valence-corrected chi connectivity index (χ3v) is 3.63. The second-order valence-electron chi connectivity index (χ2n) is 5.42. The SMILES string of the molecule is COc1cccc(OCc2cncc(-c3ccc(C)cc3)c2)c1. The summed E-state index contributed by atoms with van der Waals surface area (Å²) >= 11 is 0. The molecular weight excluding hydrogens is 286 g/mol. The quantitative estimate of drug-likeness (QED) is 0.688. The molecule has 2 aromatic carbocycles. The van der Waals surface area contributed by atoms with Gasteiger partial charge >= 0.3 is 0 Å². The number of aromatic nitrogens is 1. The molecule has 0 radical (unpaired) electrons. The molecule has 3 aromatic rings. The number of rotatable bonds is 5. The summed E-state index contributed by atoms with van der Waals surface area (Å²) in [6.07, 6.45) is 3.71. The van der Waals surface area contributed by atoms with Crippen molar-refractivity contribution in [3.05, 3.63) is 78.1 Å². The monoisotopic (exact) mass is 305 g/mol. The zero-order valence-electron chi connectivity index (χ0n) is 13.3. The summed E-state index contributed by atoms with van der Waals surface area (Å²) in [5.74, 6) is 1.57. The van der Waals surface area contributed by atoms with Crippen LogP contribution in [-0.4, -0.2) is 12.1 Å². The van der Waals surface area contributed by atoms with Gasteiger partial charge in [0.05, 0.1) is 7.11 Å². The van der Waals surface area contributed by atoms with Crippen molar-refractivity contribution in [2.75, 3.05) is 7.11 Å². The van der Waals surface area contributed by atoms with Gasteiger partial charge in [-0.25, -0.2) is 0 Å². The van der Waals surface area contributed by atoms with E-state index in [1.807, 2.05) is 36.7 Å². The Morgan fingerprint density at radius 2 is 1.65 bits per heavy atom. The number of nitrogens with zero attached hydrogens (tertiary/aromatic N) is 1. The van der Waals surface area contributed by atoms with E-state index in [0.717, 1.165) is 28.2 Å². The number of benzene rings is 2. The van der Waals surface area contributed by atoms with Crippen molar-refractivity contribution in [2.45, 2.75) is 13.5 Å². The summed E-state index contributed by atoms with van der Waals surface area (Å²) in [5.41, 5.74) is 4.54. The number of hydrogen-bond donors (Lipinski definition) is 0. The van der Waals surface area contributed by atoms with E-state index in [4.69, 9.17) is 9.47 Å². The molecule has 1 heterocycles. The summed E-state index contributed by atoms with van der Waals surface area (Å²) in [6.45, 7) is 2.56. The standard InChI is InChI=1S/C20H19NO2/c1-15-6-8-17(9-7-15)18-10-16(12-21-13-18)14-23-20-5-3-4-19(11-20)22-2/h3-13H,14H2,1-2H3. The largest absolute Gasteiger partial charge is 0.497 e. The molecule has 3 rings (SSSR count). The van der Waals surface area contributed by atoms with Gasteiger partial charge in [0.2, 0.25) is 0 Å². The van der Waals surface area contributed by atoms with Gasteiger partial charge < -0.3 is 9.47 Å². The summed E-state index contributed by atoms with van der Waals surface area (Å²) in [5, 5.41) is 0. The first-order chi connectivity index (χ1) is 11.2. The highest BCUT2D eigenvalue weighted by atomic mass is 16.5.